The number of rotatable bonds is 4. The number of likely N-dealkylation sites (tertiary alicyclic amines) is 1. The van der Waals surface area contributed by atoms with E-state index in [1.807, 2.05) is 25.7 Å². The molecule has 0 spiro atoms. The van der Waals surface area contributed by atoms with Crippen LogP contribution in [0, 0.1) is 19.8 Å². The Bertz CT molecular complexity index is 774. The van der Waals surface area contributed by atoms with E-state index in [-0.39, 0.29) is 11.9 Å². The number of sulfonamides is 1. The molecule has 1 unspecified atom stereocenters. The molecular weight excluding hydrogens is 382 g/mol. The van der Waals surface area contributed by atoms with Crippen LogP contribution in [0.1, 0.15) is 36.4 Å². The van der Waals surface area contributed by atoms with Gasteiger partial charge in [-0.15, -0.1) is 11.3 Å². The third kappa shape index (κ3) is 4.39. The zero-order chi connectivity index (χ0) is 19.8. The van der Waals surface area contributed by atoms with Crippen molar-refractivity contribution in [1.29, 1.82) is 0 Å². The van der Waals surface area contributed by atoms with Crippen LogP contribution in [0.4, 0.5) is 0 Å². The van der Waals surface area contributed by atoms with Crippen LogP contribution in [0.15, 0.2) is 11.0 Å². The predicted octanol–water partition coefficient (Wildman–Crippen LogP) is 2.32. The maximum Gasteiger partial charge on any atom is 0.244 e. The van der Waals surface area contributed by atoms with Gasteiger partial charge in [-0.2, -0.15) is 4.31 Å². The van der Waals surface area contributed by atoms with Crippen LogP contribution in [-0.4, -0.2) is 73.7 Å². The SMILES string of the molecule is Cc1cc(S(=O)(=O)N2CCN(C(C)C(=O)N3CCC(C)CC3)CC2)c(C)s1. The highest BCUT2D eigenvalue weighted by Crippen LogP contribution is 2.28. The fourth-order valence-electron chi connectivity index (χ4n) is 3.98. The third-order valence-corrected chi connectivity index (χ3v) is 9.01. The number of piperazine rings is 1. The maximum absolute atomic E-state index is 12.9. The number of piperidine rings is 1. The van der Waals surface area contributed by atoms with E-state index >= 15 is 0 Å². The Kier molecular flexibility index (Phi) is 6.30. The van der Waals surface area contributed by atoms with Crippen molar-refractivity contribution in [1.82, 2.24) is 14.1 Å². The summed E-state index contributed by atoms with van der Waals surface area (Å²) in [5.74, 6) is 0.879. The number of amides is 1. The summed E-state index contributed by atoms with van der Waals surface area (Å²) in [5, 5.41) is 0. The minimum Gasteiger partial charge on any atom is -0.341 e. The molecule has 8 heteroatoms. The van der Waals surface area contributed by atoms with Crippen LogP contribution < -0.4 is 0 Å². The van der Waals surface area contributed by atoms with Crippen LogP contribution in [0.3, 0.4) is 0 Å². The van der Waals surface area contributed by atoms with E-state index in [2.05, 4.69) is 11.8 Å². The van der Waals surface area contributed by atoms with Crippen molar-refractivity contribution in [2.45, 2.75) is 51.5 Å². The Morgan fingerprint density at radius 1 is 1.11 bits per heavy atom. The van der Waals surface area contributed by atoms with Gasteiger partial charge in [-0.05, 0) is 45.6 Å². The van der Waals surface area contributed by atoms with Gasteiger partial charge in [0.05, 0.1) is 10.9 Å². The van der Waals surface area contributed by atoms with Crippen molar-refractivity contribution in [3.8, 4) is 0 Å². The summed E-state index contributed by atoms with van der Waals surface area (Å²) < 4.78 is 27.5. The second-order valence-corrected chi connectivity index (χ2v) is 11.3. The molecule has 2 aliphatic heterocycles. The molecule has 1 aromatic rings. The van der Waals surface area contributed by atoms with Gasteiger partial charge in [0.2, 0.25) is 15.9 Å². The first kappa shape index (κ1) is 20.8. The summed E-state index contributed by atoms with van der Waals surface area (Å²) in [6.07, 6.45) is 2.15. The molecule has 6 nitrogen and oxygen atoms in total. The van der Waals surface area contributed by atoms with E-state index in [1.54, 1.807) is 10.4 Å². The smallest absolute Gasteiger partial charge is 0.244 e. The highest BCUT2D eigenvalue weighted by Gasteiger charge is 2.34. The standard InChI is InChI=1S/C19H31N3O3S2/c1-14-5-7-21(8-6-14)19(23)16(3)20-9-11-22(12-10-20)27(24,25)18-13-15(2)26-17(18)4/h13-14,16H,5-12H2,1-4H3. The van der Waals surface area contributed by atoms with E-state index in [4.69, 9.17) is 0 Å². The molecule has 2 fully saturated rings. The molecule has 0 aromatic carbocycles. The normalized spacial score (nSPS) is 22.1. The number of aryl methyl sites for hydroxylation is 2. The van der Waals surface area contributed by atoms with Crippen molar-refractivity contribution in [2.24, 2.45) is 5.92 Å². The summed E-state index contributed by atoms with van der Waals surface area (Å²) in [6.45, 7) is 11.7. The average Bonchev–Trinajstić information content (AvgIpc) is 3.00. The maximum atomic E-state index is 12.9. The first-order chi connectivity index (χ1) is 12.7. The number of hydrogen-bond acceptors (Lipinski definition) is 5. The van der Waals surface area contributed by atoms with E-state index in [1.165, 1.54) is 11.3 Å². The zero-order valence-corrected chi connectivity index (χ0v) is 18.4. The lowest BCUT2D eigenvalue weighted by Gasteiger charge is -2.39. The lowest BCUT2D eigenvalue weighted by Crippen LogP contribution is -2.56. The minimum absolute atomic E-state index is 0.183. The molecule has 152 valence electrons. The number of nitrogens with zero attached hydrogens (tertiary/aromatic N) is 3. The van der Waals surface area contributed by atoms with Gasteiger partial charge in [0.25, 0.3) is 0 Å². The number of hydrogen-bond donors (Lipinski definition) is 0. The van der Waals surface area contributed by atoms with Crippen LogP contribution in [-0.2, 0) is 14.8 Å². The largest absolute Gasteiger partial charge is 0.341 e. The molecule has 1 amide bonds. The molecule has 0 N–H and O–H groups in total. The molecule has 0 radical (unpaired) electrons. The van der Waals surface area contributed by atoms with Crippen LogP contribution in [0.2, 0.25) is 0 Å². The second-order valence-electron chi connectivity index (χ2n) is 7.90. The lowest BCUT2D eigenvalue weighted by molar-refractivity contribution is -0.138. The molecular formula is C19H31N3O3S2. The highest BCUT2D eigenvalue weighted by atomic mass is 32.2. The van der Waals surface area contributed by atoms with E-state index in [0.29, 0.717) is 37.0 Å². The fraction of sp³-hybridized carbons (Fsp3) is 0.737. The van der Waals surface area contributed by atoms with Gasteiger partial charge in [-0.3, -0.25) is 9.69 Å². The van der Waals surface area contributed by atoms with Gasteiger partial charge in [-0.25, -0.2) is 8.42 Å². The molecule has 0 bridgehead atoms. The van der Waals surface area contributed by atoms with Crippen molar-refractivity contribution >= 4 is 27.3 Å². The van der Waals surface area contributed by atoms with Crippen molar-refractivity contribution < 1.29 is 13.2 Å². The molecule has 1 aromatic heterocycles. The quantitative estimate of drug-likeness (QED) is 0.760. The predicted molar refractivity (Wildman–Crippen MR) is 109 cm³/mol. The number of carbonyl (C=O) groups excluding carboxylic acids is 1. The van der Waals surface area contributed by atoms with Gasteiger partial charge >= 0.3 is 0 Å². The van der Waals surface area contributed by atoms with Gasteiger partial charge in [0.1, 0.15) is 0 Å². The van der Waals surface area contributed by atoms with Crippen molar-refractivity contribution in [2.75, 3.05) is 39.3 Å². The Morgan fingerprint density at radius 3 is 2.22 bits per heavy atom. The number of thiophene rings is 1. The van der Waals surface area contributed by atoms with Crippen LogP contribution >= 0.6 is 11.3 Å². The Labute approximate surface area is 167 Å². The van der Waals surface area contributed by atoms with Crippen molar-refractivity contribution in [3.63, 3.8) is 0 Å². The van der Waals surface area contributed by atoms with E-state index in [9.17, 15) is 13.2 Å². The molecule has 2 saturated heterocycles. The summed E-state index contributed by atoms with van der Waals surface area (Å²) in [6, 6.07) is 1.58. The summed E-state index contributed by atoms with van der Waals surface area (Å²) >= 11 is 1.52. The minimum atomic E-state index is -3.45. The first-order valence-corrected chi connectivity index (χ1v) is 12.1. The molecule has 0 saturated carbocycles. The molecule has 3 rings (SSSR count). The average molecular weight is 414 g/mol. The monoisotopic (exact) mass is 413 g/mol. The van der Waals surface area contributed by atoms with Gasteiger partial charge in [-0.1, -0.05) is 6.92 Å². The highest BCUT2D eigenvalue weighted by molar-refractivity contribution is 7.89. The van der Waals surface area contributed by atoms with E-state index in [0.717, 1.165) is 35.7 Å². The molecule has 0 aliphatic carbocycles. The topological polar surface area (TPSA) is 60.9 Å². The summed E-state index contributed by atoms with van der Waals surface area (Å²) in [7, 11) is -3.45. The van der Waals surface area contributed by atoms with Crippen LogP contribution in [0.25, 0.3) is 0 Å². The lowest BCUT2D eigenvalue weighted by atomic mass is 9.98. The van der Waals surface area contributed by atoms with Gasteiger partial charge < -0.3 is 4.90 Å². The summed E-state index contributed by atoms with van der Waals surface area (Å²) in [4.78, 5) is 19.2. The van der Waals surface area contributed by atoms with Crippen molar-refractivity contribution in [3.05, 3.63) is 15.8 Å². The molecule has 1 atom stereocenters. The Morgan fingerprint density at radius 2 is 1.70 bits per heavy atom. The summed E-state index contributed by atoms with van der Waals surface area (Å²) in [5.41, 5.74) is 0. The first-order valence-electron chi connectivity index (χ1n) is 9.80. The zero-order valence-electron chi connectivity index (χ0n) is 16.8. The fourth-order valence-corrected chi connectivity index (χ4v) is 6.93. The Hall–Kier alpha value is -0.960. The molecule has 3 heterocycles. The van der Waals surface area contributed by atoms with Gasteiger partial charge in [0.15, 0.2) is 0 Å². The third-order valence-electron chi connectivity index (χ3n) is 5.89. The second kappa shape index (κ2) is 8.19. The Balaban J connectivity index is 1.59. The molecule has 2 aliphatic rings. The van der Waals surface area contributed by atoms with Gasteiger partial charge in [0, 0.05) is 49.0 Å². The number of carbonyl (C=O) groups is 1. The molecule has 27 heavy (non-hydrogen) atoms. The van der Waals surface area contributed by atoms with E-state index < -0.39 is 10.0 Å². The van der Waals surface area contributed by atoms with Crippen LogP contribution in [0.5, 0.6) is 0 Å².